The average Bonchev–Trinajstić information content (AvgIpc) is 2.91. The Balaban J connectivity index is 1.38. The van der Waals surface area contributed by atoms with Crippen LogP contribution in [0, 0.1) is 0 Å². The van der Waals surface area contributed by atoms with Crippen LogP contribution in [-0.4, -0.2) is 58.5 Å². The summed E-state index contributed by atoms with van der Waals surface area (Å²) < 4.78 is 0. The maximum atomic E-state index is 12.6. The van der Waals surface area contributed by atoms with Gasteiger partial charge in [-0.25, -0.2) is 9.97 Å². The summed E-state index contributed by atoms with van der Waals surface area (Å²) in [5, 5.41) is 3.73. The molecule has 0 atom stereocenters. The molecule has 1 aromatic carbocycles. The number of hydrogen-bond donors (Lipinski definition) is 1. The molecule has 0 spiro atoms. The second-order valence-electron chi connectivity index (χ2n) is 8.27. The molecule has 34 heavy (non-hydrogen) atoms. The summed E-state index contributed by atoms with van der Waals surface area (Å²) in [4.78, 5) is 31.3. The smallest absolute Gasteiger partial charge is 0.251 e. The summed E-state index contributed by atoms with van der Waals surface area (Å²) in [7, 11) is 0. The number of nitrogens with zero attached hydrogens (tertiary/aromatic N) is 5. The van der Waals surface area contributed by atoms with Gasteiger partial charge in [-0.2, -0.15) is 0 Å². The highest BCUT2D eigenvalue weighted by Gasteiger charge is 2.18. The van der Waals surface area contributed by atoms with Gasteiger partial charge in [-0.1, -0.05) is 43.8 Å². The van der Waals surface area contributed by atoms with E-state index in [9.17, 15) is 4.79 Å². The Morgan fingerprint density at radius 1 is 1.00 bits per heavy atom. The van der Waals surface area contributed by atoms with E-state index in [-0.39, 0.29) is 5.91 Å². The van der Waals surface area contributed by atoms with Crippen LogP contribution < -0.4 is 10.2 Å². The molecule has 0 radical (unpaired) electrons. The predicted molar refractivity (Wildman–Crippen MR) is 137 cm³/mol. The summed E-state index contributed by atoms with van der Waals surface area (Å²) in [5.74, 6) is 1.63. The number of thioether (sulfide) groups is 1. The number of nitrogens with one attached hydrogen (secondary N) is 1. The molecule has 0 unspecified atom stereocenters. The molecule has 1 aliphatic heterocycles. The fourth-order valence-electron chi connectivity index (χ4n) is 3.89. The number of carbonyl (C=O) groups excluding carboxylic acids is 1. The first-order chi connectivity index (χ1) is 16.6. The van der Waals surface area contributed by atoms with Crippen LogP contribution >= 0.6 is 11.8 Å². The normalized spacial score (nSPS) is 14.2. The molecule has 3 aromatic rings. The van der Waals surface area contributed by atoms with Gasteiger partial charge in [0.1, 0.15) is 5.82 Å². The van der Waals surface area contributed by atoms with E-state index in [4.69, 9.17) is 9.97 Å². The van der Waals surface area contributed by atoms with E-state index in [2.05, 4.69) is 40.0 Å². The Morgan fingerprint density at radius 2 is 1.85 bits per heavy atom. The zero-order valence-electron chi connectivity index (χ0n) is 19.9. The Bertz CT molecular complexity index is 1090. The number of hydrogen-bond acceptors (Lipinski definition) is 7. The van der Waals surface area contributed by atoms with Crippen LogP contribution in [0.25, 0.3) is 0 Å². The Kier molecular flexibility index (Phi) is 8.49. The fourth-order valence-corrected chi connectivity index (χ4v) is 4.70. The molecule has 178 valence electrons. The van der Waals surface area contributed by atoms with Crippen LogP contribution in [0.4, 0.5) is 5.82 Å². The zero-order chi connectivity index (χ0) is 23.8. The summed E-state index contributed by atoms with van der Waals surface area (Å²) in [6.07, 6.45) is 2.61. The molecule has 1 fully saturated rings. The minimum Gasteiger partial charge on any atom is -0.354 e. The van der Waals surface area contributed by atoms with Crippen molar-refractivity contribution in [3.63, 3.8) is 0 Å². The summed E-state index contributed by atoms with van der Waals surface area (Å²) in [5.41, 5.74) is 3.61. The minimum atomic E-state index is -0.102. The van der Waals surface area contributed by atoms with Crippen molar-refractivity contribution in [2.45, 2.75) is 37.7 Å². The Hall–Kier alpha value is -2.97. The van der Waals surface area contributed by atoms with Gasteiger partial charge in [0.2, 0.25) is 0 Å². The number of aryl methyl sites for hydroxylation is 1. The number of anilines is 1. The number of pyridine rings is 1. The quantitative estimate of drug-likeness (QED) is 0.372. The SMILES string of the molecule is CCc1cc(N2CCN(CC)CC2)nc(SCc2cccc(C(=O)NCc3ccccn3)c2)n1. The molecule has 2 aromatic heterocycles. The van der Waals surface area contributed by atoms with E-state index in [1.165, 1.54) is 0 Å². The highest BCUT2D eigenvalue weighted by atomic mass is 32.2. The van der Waals surface area contributed by atoms with Gasteiger partial charge in [-0.05, 0) is 42.8 Å². The molecular formula is C26H32N6OS. The lowest BCUT2D eigenvalue weighted by molar-refractivity contribution is 0.0950. The summed E-state index contributed by atoms with van der Waals surface area (Å²) >= 11 is 1.62. The number of amides is 1. The molecule has 8 heteroatoms. The van der Waals surface area contributed by atoms with E-state index in [0.29, 0.717) is 17.9 Å². The van der Waals surface area contributed by atoms with Gasteiger partial charge in [0.15, 0.2) is 5.16 Å². The van der Waals surface area contributed by atoms with Crippen LogP contribution in [0.1, 0.15) is 41.2 Å². The summed E-state index contributed by atoms with van der Waals surface area (Å²) in [6.45, 7) is 9.97. The van der Waals surface area contributed by atoms with Crippen molar-refractivity contribution in [3.8, 4) is 0 Å². The van der Waals surface area contributed by atoms with Crippen LogP contribution in [0.3, 0.4) is 0 Å². The number of benzene rings is 1. The van der Waals surface area contributed by atoms with Crippen molar-refractivity contribution in [3.05, 3.63) is 77.2 Å². The van der Waals surface area contributed by atoms with Gasteiger partial charge >= 0.3 is 0 Å². The lowest BCUT2D eigenvalue weighted by Gasteiger charge is -2.34. The molecule has 4 rings (SSSR count). The first-order valence-electron chi connectivity index (χ1n) is 11.9. The second kappa shape index (κ2) is 11.9. The first kappa shape index (κ1) is 24.2. The van der Waals surface area contributed by atoms with Gasteiger partial charge in [0.05, 0.1) is 12.2 Å². The van der Waals surface area contributed by atoms with Crippen molar-refractivity contribution < 1.29 is 4.79 Å². The molecule has 7 nitrogen and oxygen atoms in total. The van der Waals surface area contributed by atoms with Crippen molar-refractivity contribution in [1.29, 1.82) is 0 Å². The molecule has 0 bridgehead atoms. The standard InChI is InChI=1S/C26H32N6OS/c1-3-22-17-24(32-14-12-31(4-2)13-15-32)30-26(29-22)34-19-20-8-7-9-21(16-20)25(33)28-18-23-10-5-6-11-27-23/h5-11,16-17H,3-4,12-15,18-19H2,1-2H3,(H,28,33). The van der Waals surface area contributed by atoms with Gasteiger partial charge in [-0.3, -0.25) is 9.78 Å². The molecule has 3 heterocycles. The zero-order valence-corrected chi connectivity index (χ0v) is 20.7. The molecular weight excluding hydrogens is 444 g/mol. The summed E-state index contributed by atoms with van der Waals surface area (Å²) in [6, 6.07) is 15.5. The van der Waals surface area contributed by atoms with E-state index in [1.807, 2.05) is 42.5 Å². The highest BCUT2D eigenvalue weighted by Crippen LogP contribution is 2.24. The lowest BCUT2D eigenvalue weighted by Crippen LogP contribution is -2.46. The molecule has 0 aliphatic carbocycles. The van der Waals surface area contributed by atoms with Gasteiger partial charge in [0, 0.05) is 55.5 Å². The van der Waals surface area contributed by atoms with Gasteiger partial charge in [0.25, 0.3) is 5.91 Å². The van der Waals surface area contributed by atoms with E-state index in [1.54, 1.807) is 18.0 Å². The number of rotatable bonds is 9. The van der Waals surface area contributed by atoms with Crippen molar-refractivity contribution in [2.24, 2.45) is 0 Å². The Labute approximate surface area is 206 Å². The van der Waals surface area contributed by atoms with Crippen molar-refractivity contribution in [2.75, 3.05) is 37.6 Å². The molecule has 0 saturated carbocycles. The topological polar surface area (TPSA) is 74.2 Å². The number of likely N-dealkylation sites (N-methyl/N-ethyl adjacent to an activating group) is 1. The predicted octanol–water partition coefficient (Wildman–Crippen LogP) is 3.80. The van der Waals surface area contributed by atoms with Crippen LogP contribution in [0.2, 0.25) is 0 Å². The van der Waals surface area contributed by atoms with Gasteiger partial charge < -0.3 is 15.1 Å². The molecule has 1 N–H and O–H groups in total. The highest BCUT2D eigenvalue weighted by molar-refractivity contribution is 7.98. The largest absolute Gasteiger partial charge is 0.354 e. The third kappa shape index (κ3) is 6.55. The van der Waals surface area contributed by atoms with Gasteiger partial charge in [-0.15, -0.1) is 0 Å². The monoisotopic (exact) mass is 476 g/mol. The minimum absolute atomic E-state index is 0.102. The number of carbonyl (C=O) groups is 1. The molecule has 1 saturated heterocycles. The number of piperazine rings is 1. The fraction of sp³-hybridized carbons (Fsp3) is 0.385. The molecule has 1 aliphatic rings. The number of aromatic nitrogens is 3. The maximum absolute atomic E-state index is 12.6. The lowest BCUT2D eigenvalue weighted by atomic mass is 10.1. The second-order valence-corrected chi connectivity index (χ2v) is 9.21. The third-order valence-electron chi connectivity index (χ3n) is 5.96. The van der Waals surface area contributed by atoms with Crippen molar-refractivity contribution >= 4 is 23.5 Å². The van der Waals surface area contributed by atoms with E-state index in [0.717, 1.165) is 67.1 Å². The Morgan fingerprint density at radius 3 is 2.59 bits per heavy atom. The maximum Gasteiger partial charge on any atom is 0.251 e. The first-order valence-corrected chi connectivity index (χ1v) is 12.9. The van der Waals surface area contributed by atoms with E-state index >= 15 is 0 Å². The van der Waals surface area contributed by atoms with Crippen LogP contribution in [0.5, 0.6) is 0 Å². The van der Waals surface area contributed by atoms with E-state index < -0.39 is 0 Å². The third-order valence-corrected chi connectivity index (χ3v) is 6.88. The molecule has 1 amide bonds. The average molecular weight is 477 g/mol. The van der Waals surface area contributed by atoms with Crippen LogP contribution in [0.15, 0.2) is 59.9 Å². The van der Waals surface area contributed by atoms with Crippen molar-refractivity contribution in [1.82, 2.24) is 25.2 Å². The van der Waals surface area contributed by atoms with Crippen LogP contribution in [-0.2, 0) is 18.7 Å².